The van der Waals surface area contributed by atoms with Gasteiger partial charge >= 0.3 is 0 Å². The zero-order chi connectivity index (χ0) is 12.1. The van der Waals surface area contributed by atoms with Crippen molar-refractivity contribution in [1.29, 1.82) is 0 Å². The Kier molecular flexibility index (Phi) is 6.75. The molecule has 0 aromatic heterocycles. The van der Waals surface area contributed by atoms with E-state index in [2.05, 4.69) is 78.9 Å². The first-order valence-electron chi connectivity index (χ1n) is 5.88. The fourth-order valence-corrected chi connectivity index (χ4v) is 3.80. The summed E-state index contributed by atoms with van der Waals surface area (Å²) in [5, 5.41) is 0. The fourth-order valence-electron chi connectivity index (χ4n) is 1.72. The van der Waals surface area contributed by atoms with Crippen molar-refractivity contribution in [3.63, 3.8) is 0 Å². The summed E-state index contributed by atoms with van der Waals surface area (Å²) in [5.74, 6) is 0. The minimum Gasteiger partial charge on any atom is -1.00 e. The molecule has 0 heterocycles. The Hall–Kier alpha value is -0.520. The zero-order valence-corrected chi connectivity index (χ0v) is 13.7. The molecular weight excluding hydrogens is 353 g/mol. The molecule has 0 N–H and O–H groups in total. The minimum absolute atomic E-state index is 0. The second-order valence-corrected chi connectivity index (χ2v) is 5.99. The second kappa shape index (κ2) is 7.81. The van der Waals surface area contributed by atoms with Gasteiger partial charge in [0.05, 0.1) is 0 Å². The van der Waals surface area contributed by atoms with E-state index in [4.69, 9.17) is 0 Å². The van der Waals surface area contributed by atoms with Crippen molar-refractivity contribution in [2.24, 2.45) is 0 Å². The van der Waals surface area contributed by atoms with Crippen LogP contribution in [0.25, 0.3) is 0 Å². The maximum absolute atomic E-state index is 2.39. The molecule has 0 spiro atoms. The van der Waals surface area contributed by atoms with E-state index in [9.17, 15) is 0 Å². The van der Waals surface area contributed by atoms with Crippen molar-refractivity contribution in [3.05, 3.63) is 60.7 Å². The molecule has 0 aliphatic carbocycles. The van der Waals surface area contributed by atoms with Crippen LogP contribution in [0.5, 0.6) is 0 Å². The summed E-state index contributed by atoms with van der Waals surface area (Å²) in [6, 6.07) is 21.4. The van der Waals surface area contributed by atoms with Gasteiger partial charge in [0.1, 0.15) is 0 Å². The maximum atomic E-state index is 2.39. The molecule has 3 heteroatoms. The molecule has 2 rings (SSSR count). The van der Waals surface area contributed by atoms with Gasteiger partial charge in [-0.25, -0.2) is 0 Å². The molecule has 0 unspecified atom stereocenters. The first-order valence-corrected chi connectivity index (χ1v) is 7.06. The number of benzene rings is 2. The molecule has 96 valence electrons. The van der Waals surface area contributed by atoms with Crippen LogP contribution in [0.15, 0.2) is 70.5 Å². The van der Waals surface area contributed by atoms with E-state index in [0.29, 0.717) is 0 Å². The molecule has 0 amide bonds. The lowest BCUT2D eigenvalue weighted by Gasteiger charge is -2.15. The van der Waals surface area contributed by atoms with Crippen LogP contribution in [0.3, 0.4) is 0 Å². The number of hydrogen-bond acceptors (Lipinski definition) is 1. The molecule has 0 saturated heterocycles. The van der Waals surface area contributed by atoms with Crippen molar-refractivity contribution < 1.29 is 24.0 Å². The van der Waals surface area contributed by atoms with Crippen molar-refractivity contribution in [3.8, 4) is 0 Å². The molecule has 0 aliphatic heterocycles. The Morgan fingerprint density at radius 3 is 1.56 bits per heavy atom. The van der Waals surface area contributed by atoms with Crippen LogP contribution in [0, 0.1) is 0 Å². The van der Waals surface area contributed by atoms with E-state index in [1.807, 2.05) is 0 Å². The zero-order valence-electron chi connectivity index (χ0n) is 10.7. The van der Waals surface area contributed by atoms with Crippen LogP contribution >= 0.6 is 0 Å². The van der Waals surface area contributed by atoms with Gasteiger partial charge in [0.15, 0.2) is 20.9 Å². The smallest absolute Gasteiger partial charge is 0.182 e. The van der Waals surface area contributed by atoms with Gasteiger partial charge in [-0.15, -0.1) is 4.31 Å². The lowest BCUT2D eigenvalue weighted by atomic mass is 10.4. The summed E-state index contributed by atoms with van der Waals surface area (Å²) in [6.45, 7) is 3.25. The van der Waals surface area contributed by atoms with Crippen molar-refractivity contribution in [2.75, 3.05) is 13.6 Å². The van der Waals surface area contributed by atoms with Gasteiger partial charge in [0.25, 0.3) is 0 Å². The molecule has 2 aromatic carbocycles. The van der Waals surface area contributed by atoms with Crippen LogP contribution in [-0.2, 0) is 11.1 Å². The third-order valence-corrected chi connectivity index (χ3v) is 5.01. The highest BCUT2D eigenvalue weighted by atomic mass is 127. The number of hydrogen-bond donors (Lipinski definition) is 0. The SMILES string of the molecule is CCN(C)[S+](c1ccccc1)c1ccccc1.[I-]. The molecular formula is C15H18INS. The van der Waals surface area contributed by atoms with E-state index in [1.165, 1.54) is 9.79 Å². The highest BCUT2D eigenvalue weighted by molar-refractivity contribution is 7.94. The molecule has 0 saturated carbocycles. The predicted octanol–water partition coefficient (Wildman–Crippen LogP) is 0.594. The van der Waals surface area contributed by atoms with E-state index in [1.54, 1.807) is 0 Å². The van der Waals surface area contributed by atoms with Crippen LogP contribution < -0.4 is 24.0 Å². The standard InChI is InChI=1S/C15H18NS.HI/c1-3-16(2)17(14-10-6-4-7-11-14)15-12-8-5-9-13-15;/h4-13H,3H2,1-2H3;1H/q+1;/p-1. The lowest BCUT2D eigenvalue weighted by Crippen LogP contribution is -3.00. The minimum atomic E-state index is 0. The lowest BCUT2D eigenvalue weighted by molar-refractivity contribution is -0.00000353. The van der Waals surface area contributed by atoms with E-state index < -0.39 is 0 Å². The molecule has 0 bridgehead atoms. The van der Waals surface area contributed by atoms with Gasteiger partial charge in [0, 0.05) is 13.6 Å². The van der Waals surface area contributed by atoms with Crippen molar-refractivity contribution in [1.82, 2.24) is 4.31 Å². The summed E-state index contributed by atoms with van der Waals surface area (Å²) in [6.07, 6.45) is 0. The maximum Gasteiger partial charge on any atom is 0.182 e. The Morgan fingerprint density at radius 1 is 0.833 bits per heavy atom. The average Bonchev–Trinajstić information content (AvgIpc) is 2.41. The van der Waals surface area contributed by atoms with Crippen molar-refractivity contribution in [2.45, 2.75) is 16.7 Å². The second-order valence-electron chi connectivity index (χ2n) is 3.85. The number of nitrogens with zero attached hydrogens (tertiary/aromatic N) is 1. The highest BCUT2D eigenvalue weighted by Gasteiger charge is 2.29. The van der Waals surface area contributed by atoms with E-state index in [0.717, 1.165) is 6.54 Å². The third kappa shape index (κ3) is 3.73. The molecule has 0 fully saturated rings. The van der Waals surface area contributed by atoms with Gasteiger partial charge in [-0.05, 0) is 31.2 Å². The van der Waals surface area contributed by atoms with Gasteiger partial charge in [0.2, 0.25) is 0 Å². The Labute approximate surface area is 130 Å². The Bertz CT molecular complexity index is 407. The number of rotatable bonds is 4. The highest BCUT2D eigenvalue weighted by Crippen LogP contribution is 2.25. The van der Waals surface area contributed by atoms with Gasteiger partial charge in [-0.2, -0.15) is 0 Å². The molecule has 0 radical (unpaired) electrons. The van der Waals surface area contributed by atoms with E-state index >= 15 is 0 Å². The predicted molar refractivity (Wildman–Crippen MR) is 75.1 cm³/mol. The molecule has 1 nitrogen and oxygen atoms in total. The van der Waals surface area contributed by atoms with Gasteiger partial charge < -0.3 is 24.0 Å². The summed E-state index contributed by atoms with van der Waals surface area (Å²) >= 11 is 0.0373. The normalized spacial score (nSPS) is 10.4. The monoisotopic (exact) mass is 371 g/mol. The summed E-state index contributed by atoms with van der Waals surface area (Å²) < 4.78 is 2.39. The summed E-state index contributed by atoms with van der Waals surface area (Å²) in [4.78, 5) is 2.76. The van der Waals surface area contributed by atoms with Crippen LogP contribution in [0.1, 0.15) is 6.92 Å². The quantitative estimate of drug-likeness (QED) is 0.562. The van der Waals surface area contributed by atoms with Crippen LogP contribution in [0.2, 0.25) is 0 Å². The van der Waals surface area contributed by atoms with Crippen LogP contribution in [0.4, 0.5) is 0 Å². The Morgan fingerprint density at radius 2 is 1.22 bits per heavy atom. The molecule has 0 atom stereocenters. The van der Waals surface area contributed by atoms with Gasteiger partial charge in [-0.1, -0.05) is 36.4 Å². The molecule has 2 aromatic rings. The fraction of sp³-hybridized carbons (Fsp3) is 0.200. The summed E-state index contributed by atoms with van der Waals surface area (Å²) in [5.41, 5.74) is 0. The van der Waals surface area contributed by atoms with Crippen LogP contribution in [-0.4, -0.2) is 17.9 Å². The first kappa shape index (κ1) is 15.5. The topological polar surface area (TPSA) is 3.24 Å². The van der Waals surface area contributed by atoms with Crippen molar-refractivity contribution >= 4 is 11.1 Å². The number of halogens is 1. The average molecular weight is 371 g/mol. The largest absolute Gasteiger partial charge is 1.00 e. The van der Waals surface area contributed by atoms with Gasteiger partial charge in [-0.3, -0.25) is 0 Å². The third-order valence-electron chi connectivity index (χ3n) is 2.69. The summed E-state index contributed by atoms with van der Waals surface area (Å²) in [7, 11) is 2.18. The van der Waals surface area contributed by atoms with E-state index in [-0.39, 0.29) is 35.1 Å². The molecule has 0 aliphatic rings. The first-order chi connectivity index (χ1) is 8.33. The Balaban J connectivity index is 0.00000162. The molecule has 18 heavy (non-hydrogen) atoms.